The molecule has 3 aromatic rings. The minimum Gasteiger partial charge on any atom is -0.334 e. The summed E-state index contributed by atoms with van der Waals surface area (Å²) in [5, 5.41) is 0. The first-order valence-corrected chi connectivity index (χ1v) is 10.7. The van der Waals surface area contributed by atoms with Gasteiger partial charge in [-0.15, -0.1) is 0 Å². The Hall–Kier alpha value is -3.28. The van der Waals surface area contributed by atoms with E-state index < -0.39 is 0 Å². The summed E-state index contributed by atoms with van der Waals surface area (Å²) >= 11 is 0. The lowest BCUT2D eigenvalue weighted by Gasteiger charge is -2.47. The lowest BCUT2D eigenvalue weighted by atomic mass is 9.92. The van der Waals surface area contributed by atoms with Crippen LogP contribution in [0.4, 0.5) is 5.95 Å². The molecule has 0 spiro atoms. The van der Waals surface area contributed by atoms with E-state index in [9.17, 15) is 9.59 Å². The van der Waals surface area contributed by atoms with Crippen LogP contribution < -0.4 is 10.5 Å². The Bertz CT molecular complexity index is 1150. The molecule has 0 fully saturated rings. The van der Waals surface area contributed by atoms with Crippen LogP contribution in [-0.2, 0) is 6.54 Å². The Morgan fingerprint density at radius 2 is 1.81 bits per heavy atom. The third-order valence-corrected chi connectivity index (χ3v) is 6.07. The zero-order chi connectivity index (χ0) is 22.2. The van der Waals surface area contributed by atoms with Gasteiger partial charge in [0, 0.05) is 54.1 Å². The molecule has 0 saturated carbocycles. The zero-order valence-corrected chi connectivity index (χ0v) is 18.5. The second-order valence-electron chi connectivity index (χ2n) is 8.94. The number of anilines is 1. The van der Waals surface area contributed by atoms with Gasteiger partial charge in [-0.3, -0.25) is 19.1 Å². The summed E-state index contributed by atoms with van der Waals surface area (Å²) in [5.41, 5.74) is 3.00. The maximum Gasteiger partial charge on any atom is 0.255 e. The fourth-order valence-electron chi connectivity index (χ4n) is 4.35. The van der Waals surface area contributed by atoms with Crippen molar-refractivity contribution in [3.05, 3.63) is 76.3 Å². The number of hydrogen-bond donors (Lipinski definition) is 0. The van der Waals surface area contributed by atoms with Gasteiger partial charge in [-0.1, -0.05) is 29.8 Å². The maximum atomic E-state index is 13.0. The van der Waals surface area contributed by atoms with E-state index in [0.717, 1.165) is 17.5 Å². The second-order valence-corrected chi connectivity index (χ2v) is 8.94. The Kier molecular flexibility index (Phi) is 5.48. The number of pyridine rings is 1. The monoisotopic (exact) mass is 416 g/mol. The minimum atomic E-state index is -0.233. The van der Waals surface area contributed by atoms with Gasteiger partial charge in [-0.2, -0.15) is 0 Å². The first-order chi connectivity index (χ1) is 14.8. The van der Waals surface area contributed by atoms with Crippen molar-refractivity contribution < 1.29 is 4.79 Å². The lowest BCUT2D eigenvalue weighted by molar-refractivity contribution is 0.0971. The van der Waals surface area contributed by atoms with Crippen LogP contribution in [0.5, 0.6) is 0 Å². The van der Waals surface area contributed by atoms with Gasteiger partial charge >= 0.3 is 0 Å². The molecule has 0 radical (unpaired) electrons. The summed E-state index contributed by atoms with van der Waals surface area (Å²) in [7, 11) is 0. The summed E-state index contributed by atoms with van der Waals surface area (Å²) in [6.45, 7) is 8.95. The molecule has 0 bridgehead atoms. The van der Waals surface area contributed by atoms with Crippen LogP contribution in [0, 0.1) is 6.92 Å². The van der Waals surface area contributed by atoms with E-state index in [1.54, 1.807) is 23.0 Å². The molecule has 4 rings (SSSR count). The van der Waals surface area contributed by atoms with Crippen LogP contribution in [0.3, 0.4) is 0 Å². The number of hydrogen-bond acceptors (Lipinski definition) is 5. The fraction of sp³-hybridized carbons (Fsp3) is 0.360. The summed E-state index contributed by atoms with van der Waals surface area (Å²) in [4.78, 5) is 37.0. The molecule has 1 aliphatic rings. The molecule has 1 aromatic carbocycles. The average Bonchev–Trinajstić information content (AvgIpc) is 2.73. The normalized spacial score (nSPS) is 15.9. The zero-order valence-electron chi connectivity index (χ0n) is 18.5. The lowest BCUT2D eigenvalue weighted by Crippen LogP contribution is -2.56. The van der Waals surface area contributed by atoms with Crippen LogP contribution in [0.1, 0.15) is 49.5 Å². The van der Waals surface area contributed by atoms with E-state index in [0.29, 0.717) is 30.2 Å². The van der Waals surface area contributed by atoms with Gasteiger partial charge in [-0.25, -0.2) is 4.98 Å². The highest BCUT2D eigenvalue weighted by Gasteiger charge is 2.38. The van der Waals surface area contributed by atoms with Gasteiger partial charge in [0.15, 0.2) is 5.78 Å². The number of carbonyl (C=O) groups excluding carboxylic acids is 1. The van der Waals surface area contributed by atoms with Crippen LogP contribution in [-0.4, -0.2) is 31.9 Å². The molecule has 0 aliphatic carbocycles. The Morgan fingerprint density at radius 3 is 2.48 bits per heavy atom. The molecule has 2 aromatic heterocycles. The summed E-state index contributed by atoms with van der Waals surface area (Å²) in [5.74, 6) is 0.716. The molecule has 0 amide bonds. The SMILES string of the molecule is Cc1ccc(C(=O)CC(C)N2c3nc(-c4ccncc4)cc(=O)n3CCC2(C)C)cc1. The standard InChI is InChI=1S/C25H28N4O2/c1-17-5-7-20(8-6-17)22(30)15-18(2)29-24-27-21(19-9-12-26-13-10-19)16-23(31)28(24)14-11-25(29,3)4/h5-10,12-13,16,18H,11,14-15H2,1-4H3. The van der Waals surface area contributed by atoms with Crippen molar-refractivity contribution in [3.63, 3.8) is 0 Å². The van der Waals surface area contributed by atoms with Crippen molar-refractivity contribution in [1.29, 1.82) is 0 Å². The number of carbonyl (C=O) groups is 1. The predicted octanol–water partition coefficient (Wildman–Crippen LogP) is 4.26. The number of fused-ring (bicyclic) bond motifs is 1. The molecule has 0 N–H and O–H groups in total. The van der Waals surface area contributed by atoms with E-state index in [-0.39, 0.29) is 22.9 Å². The van der Waals surface area contributed by atoms with Crippen molar-refractivity contribution in [3.8, 4) is 11.3 Å². The average molecular weight is 417 g/mol. The molecule has 1 unspecified atom stereocenters. The van der Waals surface area contributed by atoms with Crippen molar-refractivity contribution in [2.45, 2.75) is 58.7 Å². The van der Waals surface area contributed by atoms with Crippen molar-refractivity contribution in [2.24, 2.45) is 0 Å². The van der Waals surface area contributed by atoms with Crippen molar-refractivity contribution in [2.75, 3.05) is 4.90 Å². The third kappa shape index (κ3) is 4.15. The van der Waals surface area contributed by atoms with Crippen molar-refractivity contribution in [1.82, 2.24) is 14.5 Å². The second kappa shape index (κ2) is 8.10. The van der Waals surface area contributed by atoms with Crippen LogP contribution >= 0.6 is 0 Å². The molecule has 6 nitrogen and oxygen atoms in total. The van der Waals surface area contributed by atoms with Gasteiger partial charge in [0.2, 0.25) is 5.95 Å². The van der Waals surface area contributed by atoms with Crippen molar-refractivity contribution >= 4 is 11.7 Å². The molecule has 0 saturated heterocycles. The van der Waals surface area contributed by atoms with Gasteiger partial charge in [0.05, 0.1) is 5.69 Å². The fourth-order valence-corrected chi connectivity index (χ4v) is 4.35. The third-order valence-electron chi connectivity index (χ3n) is 6.07. The van der Waals surface area contributed by atoms with Crippen LogP contribution in [0.25, 0.3) is 11.3 Å². The molecular weight excluding hydrogens is 388 g/mol. The molecule has 160 valence electrons. The van der Waals surface area contributed by atoms with E-state index in [1.807, 2.05) is 50.2 Å². The highest BCUT2D eigenvalue weighted by Crippen LogP contribution is 2.34. The van der Waals surface area contributed by atoms with Gasteiger partial charge in [0.1, 0.15) is 0 Å². The number of aromatic nitrogens is 3. The van der Waals surface area contributed by atoms with E-state index >= 15 is 0 Å². The Morgan fingerprint density at radius 1 is 1.13 bits per heavy atom. The summed E-state index contributed by atoms with van der Waals surface area (Å²) in [6, 6.07) is 12.8. The molecular formula is C25H28N4O2. The number of benzene rings is 1. The van der Waals surface area contributed by atoms with Crippen LogP contribution in [0.2, 0.25) is 0 Å². The van der Waals surface area contributed by atoms with E-state index in [1.165, 1.54) is 0 Å². The number of aryl methyl sites for hydroxylation is 1. The number of Topliss-reactive ketones (excluding diaryl/α,β-unsaturated/α-hetero) is 1. The molecule has 6 heteroatoms. The Labute approximate surface area is 182 Å². The first-order valence-electron chi connectivity index (χ1n) is 10.7. The Balaban J connectivity index is 1.72. The minimum absolute atomic E-state index is 0.0747. The van der Waals surface area contributed by atoms with E-state index in [2.05, 4.69) is 23.7 Å². The highest BCUT2D eigenvalue weighted by atomic mass is 16.1. The smallest absolute Gasteiger partial charge is 0.255 e. The largest absolute Gasteiger partial charge is 0.334 e. The first kappa shape index (κ1) is 21.0. The summed E-state index contributed by atoms with van der Waals surface area (Å²) < 4.78 is 1.72. The quantitative estimate of drug-likeness (QED) is 0.581. The number of nitrogens with zero attached hydrogens (tertiary/aromatic N) is 4. The van der Waals surface area contributed by atoms with Gasteiger partial charge in [0.25, 0.3) is 5.56 Å². The molecule has 31 heavy (non-hydrogen) atoms. The number of ketones is 1. The molecule has 1 aliphatic heterocycles. The molecule has 3 heterocycles. The van der Waals surface area contributed by atoms with Crippen LogP contribution in [0.15, 0.2) is 59.7 Å². The maximum absolute atomic E-state index is 13.0. The topological polar surface area (TPSA) is 68.1 Å². The summed E-state index contributed by atoms with van der Waals surface area (Å²) in [6.07, 6.45) is 4.54. The van der Waals surface area contributed by atoms with Gasteiger partial charge < -0.3 is 4.90 Å². The highest BCUT2D eigenvalue weighted by molar-refractivity contribution is 5.96. The van der Waals surface area contributed by atoms with E-state index in [4.69, 9.17) is 4.98 Å². The molecule has 1 atom stereocenters. The number of rotatable bonds is 5. The van der Waals surface area contributed by atoms with Gasteiger partial charge in [-0.05, 0) is 46.2 Å². The predicted molar refractivity (Wildman–Crippen MR) is 122 cm³/mol.